The SMILES string of the molecule is CCCOc1ccc(N2C(=O)NC(=O)/C(=C/c3cc(Br)ccc3OCc3ccccc3Cl)C2=O)cc1. The zero-order valence-electron chi connectivity index (χ0n) is 19.3. The van der Waals surface area contributed by atoms with E-state index in [1.54, 1.807) is 48.5 Å². The molecule has 0 bridgehead atoms. The van der Waals surface area contributed by atoms with Gasteiger partial charge in [0.05, 0.1) is 12.3 Å². The lowest BCUT2D eigenvalue weighted by Gasteiger charge is -2.26. The zero-order chi connectivity index (χ0) is 25.7. The lowest BCUT2D eigenvalue weighted by atomic mass is 10.1. The average Bonchev–Trinajstić information content (AvgIpc) is 2.86. The second-order valence-electron chi connectivity index (χ2n) is 7.86. The van der Waals surface area contributed by atoms with E-state index in [0.29, 0.717) is 34.4 Å². The molecular weight excluding hydrogens is 548 g/mol. The number of halogens is 2. The number of carbonyl (C=O) groups is 3. The van der Waals surface area contributed by atoms with E-state index < -0.39 is 17.8 Å². The Bertz CT molecular complexity index is 1340. The van der Waals surface area contributed by atoms with Crippen molar-refractivity contribution in [2.24, 2.45) is 0 Å². The molecule has 1 N–H and O–H groups in total. The maximum atomic E-state index is 13.3. The highest BCUT2D eigenvalue weighted by Crippen LogP contribution is 2.30. The number of hydrogen-bond donors (Lipinski definition) is 1. The van der Waals surface area contributed by atoms with Crippen molar-refractivity contribution in [2.45, 2.75) is 20.0 Å². The van der Waals surface area contributed by atoms with Crippen LogP contribution in [0.1, 0.15) is 24.5 Å². The zero-order valence-corrected chi connectivity index (χ0v) is 21.6. The van der Waals surface area contributed by atoms with E-state index in [1.807, 2.05) is 25.1 Å². The monoisotopic (exact) mass is 568 g/mol. The highest BCUT2D eigenvalue weighted by Gasteiger charge is 2.37. The van der Waals surface area contributed by atoms with Gasteiger partial charge in [-0.3, -0.25) is 14.9 Å². The minimum atomic E-state index is -0.825. The molecule has 0 unspecified atom stereocenters. The summed E-state index contributed by atoms with van der Waals surface area (Å²) >= 11 is 9.64. The van der Waals surface area contributed by atoms with Crippen LogP contribution in [-0.4, -0.2) is 24.5 Å². The van der Waals surface area contributed by atoms with Crippen LogP contribution in [-0.2, 0) is 16.2 Å². The quantitative estimate of drug-likeness (QED) is 0.260. The molecule has 1 saturated heterocycles. The second kappa shape index (κ2) is 11.4. The van der Waals surface area contributed by atoms with Gasteiger partial charge in [-0.25, -0.2) is 9.69 Å². The average molecular weight is 570 g/mol. The topological polar surface area (TPSA) is 84.9 Å². The summed E-state index contributed by atoms with van der Waals surface area (Å²) in [6.07, 6.45) is 2.26. The van der Waals surface area contributed by atoms with E-state index in [1.165, 1.54) is 6.08 Å². The number of ether oxygens (including phenoxy) is 2. The van der Waals surface area contributed by atoms with Gasteiger partial charge in [0.1, 0.15) is 23.7 Å². The standard InChI is InChI=1S/C27H22BrClN2O5/c1-2-13-35-21-10-8-20(9-11-21)31-26(33)22(25(32)30-27(31)34)15-18-14-19(28)7-12-24(18)36-16-17-5-3-4-6-23(17)29/h3-12,14-15H,2,13,16H2,1H3,(H,30,32,34)/b22-15-. The normalized spacial score (nSPS) is 14.7. The molecule has 4 rings (SSSR count). The number of benzene rings is 3. The van der Waals surface area contributed by atoms with Gasteiger partial charge in [-0.2, -0.15) is 0 Å². The summed E-state index contributed by atoms with van der Waals surface area (Å²) in [6, 6.07) is 18.2. The molecule has 3 aromatic rings. The largest absolute Gasteiger partial charge is 0.494 e. The third-order valence-electron chi connectivity index (χ3n) is 5.28. The first-order valence-electron chi connectivity index (χ1n) is 11.2. The van der Waals surface area contributed by atoms with Crippen molar-refractivity contribution in [2.75, 3.05) is 11.5 Å². The van der Waals surface area contributed by atoms with Crippen LogP contribution in [0.2, 0.25) is 5.02 Å². The van der Waals surface area contributed by atoms with Crippen LogP contribution in [0.15, 0.2) is 76.8 Å². The summed E-state index contributed by atoms with van der Waals surface area (Å²) in [5.41, 5.74) is 1.37. The molecule has 1 heterocycles. The molecule has 1 aliphatic heterocycles. The van der Waals surface area contributed by atoms with Crippen molar-refractivity contribution in [3.05, 3.63) is 92.9 Å². The van der Waals surface area contributed by atoms with Gasteiger partial charge in [0, 0.05) is 20.6 Å². The van der Waals surface area contributed by atoms with Gasteiger partial charge in [-0.15, -0.1) is 0 Å². The Labute approximate surface area is 221 Å². The van der Waals surface area contributed by atoms with Gasteiger partial charge in [-0.05, 0) is 61.0 Å². The Morgan fingerprint density at radius 3 is 2.47 bits per heavy atom. The van der Waals surface area contributed by atoms with Crippen LogP contribution in [0.3, 0.4) is 0 Å². The molecule has 0 spiro atoms. The van der Waals surface area contributed by atoms with Crippen molar-refractivity contribution >= 4 is 57.1 Å². The summed E-state index contributed by atoms with van der Waals surface area (Å²) in [5, 5.41) is 2.80. The fraction of sp³-hybridized carbons (Fsp3) is 0.148. The van der Waals surface area contributed by atoms with Crippen LogP contribution in [0.5, 0.6) is 11.5 Å². The minimum Gasteiger partial charge on any atom is -0.494 e. The Morgan fingerprint density at radius 1 is 1.00 bits per heavy atom. The molecule has 4 amide bonds. The van der Waals surface area contributed by atoms with E-state index >= 15 is 0 Å². The van der Waals surface area contributed by atoms with Gasteiger partial charge in [-0.1, -0.05) is 52.7 Å². The highest BCUT2D eigenvalue weighted by atomic mass is 79.9. The molecule has 0 aliphatic carbocycles. The van der Waals surface area contributed by atoms with E-state index in [2.05, 4.69) is 21.2 Å². The molecule has 0 atom stereocenters. The van der Waals surface area contributed by atoms with Crippen LogP contribution in [0.25, 0.3) is 6.08 Å². The smallest absolute Gasteiger partial charge is 0.335 e. The molecular formula is C27H22BrClN2O5. The number of hydrogen-bond acceptors (Lipinski definition) is 5. The van der Waals surface area contributed by atoms with E-state index in [4.69, 9.17) is 21.1 Å². The van der Waals surface area contributed by atoms with Gasteiger partial charge in [0.2, 0.25) is 0 Å². The van der Waals surface area contributed by atoms with Crippen LogP contribution in [0.4, 0.5) is 10.5 Å². The molecule has 7 nitrogen and oxygen atoms in total. The maximum absolute atomic E-state index is 13.3. The predicted molar refractivity (Wildman–Crippen MR) is 141 cm³/mol. The first kappa shape index (κ1) is 25.5. The van der Waals surface area contributed by atoms with Crippen LogP contribution < -0.4 is 19.7 Å². The lowest BCUT2D eigenvalue weighted by Crippen LogP contribution is -2.54. The van der Waals surface area contributed by atoms with Crippen molar-refractivity contribution in [3.63, 3.8) is 0 Å². The summed E-state index contributed by atoms with van der Waals surface area (Å²) in [7, 11) is 0. The lowest BCUT2D eigenvalue weighted by molar-refractivity contribution is -0.122. The predicted octanol–water partition coefficient (Wildman–Crippen LogP) is 6.14. The van der Waals surface area contributed by atoms with Crippen LogP contribution >= 0.6 is 27.5 Å². The number of amides is 4. The van der Waals surface area contributed by atoms with E-state index in [-0.39, 0.29) is 12.2 Å². The Balaban J connectivity index is 1.63. The molecule has 1 aliphatic rings. The van der Waals surface area contributed by atoms with Crippen molar-refractivity contribution < 1.29 is 23.9 Å². The number of urea groups is 1. The molecule has 3 aromatic carbocycles. The number of nitrogens with zero attached hydrogens (tertiary/aromatic N) is 1. The fourth-order valence-electron chi connectivity index (χ4n) is 3.49. The molecule has 1 fully saturated rings. The molecule has 0 radical (unpaired) electrons. The van der Waals surface area contributed by atoms with Gasteiger partial charge >= 0.3 is 6.03 Å². The number of rotatable bonds is 8. The molecule has 184 valence electrons. The Morgan fingerprint density at radius 2 is 1.75 bits per heavy atom. The second-order valence-corrected chi connectivity index (χ2v) is 9.19. The third-order valence-corrected chi connectivity index (χ3v) is 6.14. The van der Waals surface area contributed by atoms with Crippen molar-refractivity contribution in [3.8, 4) is 11.5 Å². The summed E-state index contributed by atoms with van der Waals surface area (Å²) < 4.78 is 12.2. The first-order valence-corrected chi connectivity index (χ1v) is 12.3. The number of barbiturate groups is 1. The molecule has 36 heavy (non-hydrogen) atoms. The van der Waals surface area contributed by atoms with Crippen molar-refractivity contribution in [1.82, 2.24) is 5.32 Å². The molecule has 0 saturated carbocycles. The highest BCUT2D eigenvalue weighted by molar-refractivity contribution is 9.10. The fourth-order valence-corrected chi connectivity index (χ4v) is 4.06. The van der Waals surface area contributed by atoms with Gasteiger partial charge < -0.3 is 9.47 Å². The summed E-state index contributed by atoms with van der Waals surface area (Å²) in [4.78, 5) is 39.4. The minimum absolute atomic E-state index is 0.189. The van der Waals surface area contributed by atoms with Gasteiger partial charge in [0.25, 0.3) is 11.8 Å². The number of nitrogens with one attached hydrogen (secondary N) is 1. The van der Waals surface area contributed by atoms with E-state index in [0.717, 1.165) is 21.4 Å². The van der Waals surface area contributed by atoms with Crippen molar-refractivity contribution in [1.29, 1.82) is 0 Å². The van der Waals surface area contributed by atoms with E-state index in [9.17, 15) is 14.4 Å². The van der Waals surface area contributed by atoms with Crippen LogP contribution in [0, 0.1) is 0 Å². The third kappa shape index (κ3) is 5.78. The number of carbonyl (C=O) groups excluding carboxylic acids is 3. The Hall–Kier alpha value is -3.62. The molecule has 9 heteroatoms. The van der Waals surface area contributed by atoms with Gasteiger partial charge in [0.15, 0.2) is 0 Å². The summed E-state index contributed by atoms with van der Waals surface area (Å²) in [5.74, 6) is -0.483. The number of imide groups is 2. The summed E-state index contributed by atoms with van der Waals surface area (Å²) in [6.45, 7) is 2.74. The Kier molecular flexibility index (Phi) is 8.07. The number of anilines is 1. The maximum Gasteiger partial charge on any atom is 0.335 e. The molecule has 0 aromatic heterocycles. The first-order chi connectivity index (χ1) is 17.4.